The molecular formula is C10H8BrF3O2. The van der Waals surface area contributed by atoms with Gasteiger partial charge in [-0.2, -0.15) is 0 Å². The molecule has 0 saturated heterocycles. The highest BCUT2D eigenvalue weighted by atomic mass is 79.9. The van der Waals surface area contributed by atoms with Crippen LogP contribution >= 0.6 is 15.9 Å². The summed E-state index contributed by atoms with van der Waals surface area (Å²) in [5, 5.41) is 0. The van der Waals surface area contributed by atoms with E-state index in [1.165, 1.54) is 18.2 Å². The maximum atomic E-state index is 11.9. The van der Waals surface area contributed by atoms with E-state index >= 15 is 0 Å². The zero-order chi connectivity index (χ0) is 12.2. The molecule has 0 unspecified atom stereocenters. The second-order valence-electron chi connectivity index (χ2n) is 2.74. The highest BCUT2D eigenvalue weighted by molar-refractivity contribution is 9.10. The first kappa shape index (κ1) is 12.9. The Hall–Kier alpha value is -1.17. The van der Waals surface area contributed by atoms with E-state index in [2.05, 4.69) is 27.2 Å². The summed E-state index contributed by atoms with van der Waals surface area (Å²) in [5.74, 6) is -0.0589. The third-order valence-electron chi connectivity index (χ3n) is 1.49. The quantitative estimate of drug-likeness (QED) is 0.784. The Morgan fingerprint density at radius 1 is 1.38 bits per heavy atom. The molecule has 0 amide bonds. The molecule has 88 valence electrons. The second kappa shape index (κ2) is 5.25. The van der Waals surface area contributed by atoms with Crippen LogP contribution in [-0.4, -0.2) is 13.0 Å². The van der Waals surface area contributed by atoms with Crippen LogP contribution in [0.4, 0.5) is 13.2 Å². The molecule has 0 atom stereocenters. The van der Waals surface area contributed by atoms with Crippen LogP contribution in [0.25, 0.3) is 0 Å². The number of benzene rings is 1. The molecule has 2 nitrogen and oxygen atoms in total. The van der Waals surface area contributed by atoms with Gasteiger partial charge in [0.1, 0.15) is 18.1 Å². The third kappa shape index (κ3) is 4.14. The molecule has 0 heterocycles. The summed E-state index contributed by atoms with van der Waals surface area (Å²) in [7, 11) is 0. The average Bonchev–Trinajstić information content (AvgIpc) is 2.17. The number of ether oxygens (including phenoxy) is 2. The Morgan fingerprint density at radius 3 is 2.62 bits per heavy atom. The van der Waals surface area contributed by atoms with Gasteiger partial charge in [0, 0.05) is 6.07 Å². The smallest absolute Gasteiger partial charge is 0.488 e. The lowest BCUT2D eigenvalue weighted by molar-refractivity contribution is -0.274. The van der Waals surface area contributed by atoms with Crippen LogP contribution < -0.4 is 9.47 Å². The molecule has 0 fully saturated rings. The summed E-state index contributed by atoms with van der Waals surface area (Å²) in [4.78, 5) is 0. The first-order valence-electron chi connectivity index (χ1n) is 4.21. The molecule has 0 spiro atoms. The maximum absolute atomic E-state index is 11.9. The molecule has 1 aromatic carbocycles. The van der Waals surface area contributed by atoms with Crippen LogP contribution in [0.2, 0.25) is 0 Å². The first-order valence-corrected chi connectivity index (χ1v) is 5.00. The molecule has 1 aromatic rings. The van der Waals surface area contributed by atoms with Gasteiger partial charge < -0.3 is 9.47 Å². The van der Waals surface area contributed by atoms with Crippen molar-refractivity contribution in [3.8, 4) is 11.5 Å². The molecule has 0 radical (unpaired) electrons. The minimum atomic E-state index is -4.70. The Labute approximate surface area is 98.8 Å². The highest BCUT2D eigenvalue weighted by Gasteiger charge is 2.31. The van der Waals surface area contributed by atoms with E-state index in [4.69, 9.17) is 4.74 Å². The van der Waals surface area contributed by atoms with E-state index in [0.29, 0.717) is 4.47 Å². The first-order chi connectivity index (χ1) is 7.42. The van der Waals surface area contributed by atoms with Gasteiger partial charge in [-0.1, -0.05) is 12.7 Å². The van der Waals surface area contributed by atoms with Crippen LogP contribution in [0.5, 0.6) is 11.5 Å². The highest BCUT2D eigenvalue weighted by Crippen LogP contribution is 2.32. The van der Waals surface area contributed by atoms with Crippen LogP contribution in [0, 0.1) is 0 Å². The van der Waals surface area contributed by atoms with Crippen molar-refractivity contribution in [2.24, 2.45) is 0 Å². The number of hydrogen-bond acceptors (Lipinski definition) is 2. The predicted molar refractivity (Wildman–Crippen MR) is 56.5 cm³/mol. The molecule has 0 aliphatic rings. The van der Waals surface area contributed by atoms with E-state index < -0.39 is 6.36 Å². The second-order valence-corrected chi connectivity index (χ2v) is 3.59. The van der Waals surface area contributed by atoms with Crippen LogP contribution in [0.15, 0.2) is 35.3 Å². The predicted octanol–water partition coefficient (Wildman–Crippen LogP) is 3.91. The number of alkyl halides is 3. The van der Waals surface area contributed by atoms with Crippen LogP contribution in [0.1, 0.15) is 0 Å². The standard InChI is InChI=1S/C10H8BrF3O2/c1-2-5-15-9-6-7(3-4-8(9)11)16-10(12,13)14/h2-4,6H,1,5H2. The van der Waals surface area contributed by atoms with Gasteiger partial charge in [0.05, 0.1) is 4.47 Å². The topological polar surface area (TPSA) is 18.5 Å². The third-order valence-corrected chi connectivity index (χ3v) is 2.15. The van der Waals surface area contributed by atoms with Gasteiger partial charge >= 0.3 is 6.36 Å². The minimum Gasteiger partial charge on any atom is -0.488 e. The average molecular weight is 297 g/mol. The fourth-order valence-electron chi connectivity index (χ4n) is 0.940. The minimum absolute atomic E-state index is 0.202. The molecule has 0 aliphatic carbocycles. The van der Waals surface area contributed by atoms with Gasteiger partial charge in [0.15, 0.2) is 0 Å². The van der Waals surface area contributed by atoms with E-state index in [1.54, 1.807) is 0 Å². The van der Waals surface area contributed by atoms with Crippen LogP contribution in [0.3, 0.4) is 0 Å². The van der Waals surface area contributed by atoms with Crippen molar-refractivity contribution in [3.63, 3.8) is 0 Å². The van der Waals surface area contributed by atoms with E-state index in [-0.39, 0.29) is 18.1 Å². The van der Waals surface area contributed by atoms with Crippen molar-refractivity contribution in [1.29, 1.82) is 0 Å². The Bertz CT molecular complexity index is 377. The summed E-state index contributed by atoms with van der Waals surface area (Å²) >= 11 is 3.14. The summed E-state index contributed by atoms with van der Waals surface area (Å²) in [5.41, 5.74) is 0. The summed E-state index contributed by atoms with van der Waals surface area (Å²) in [6.07, 6.45) is -3.22. The van der Waals surface area contributed by atoms with Crippen molar-refractivity contribution in [3.05, 3.63) is 35.3 Å². The number of rotatable bonds is 4. The molecule has 0 N–H and O–H groups in total. The van der Waals surface area contributed by atoms with Crippen LogP contribution in [-0.2, 0) is 0 Å². The summed E-state index contributed by atoms with van der Waals surface area (Å²) < 4.78 is 45.2. The van der Waals surface area contributed by atoms with Crippen molar-refractivity contribution < 1.29 is 22.6 Å². The molecule has 0 aliphatic heterocycles. The molecule has 6 heteroatoms. The summed E-state index contributed by atoms with van der Waals surface area (Å²) in [6.45, 7) is 3.64. The monoisotopic (exact) mass is 296 g/mol. The largest absolute Gasteiger partial charge is 0.573 e. The van der Waals surface area contributed by atoms with Gasteiger partial charge in [-0.15, -0.1) is 13.2 Å². The lowest BCUT2D eigenvalue weighted by Gasteiger charge is -2.11. The van der Waals surface area contributed by atoms with Gasteiger partial charge in [-0.05, 0) is 28.1 Å². The zero-order valence-corrected chi connectivity index (χ0v) is 9.64. The zero-order valence-electron chi connectivity index (χ0n) is 8.05. The van der Waals surface area contributed by atoms with Crippen molar-refractivity contribution in [2.45, 2.75) is 6.36 Å². The Morgan fingerprint density at radius 2 is 2.06 bits per heavy atom. The SMILES string of the molecule is C=CCOc1cc(OC(F)(F)F)ccc1Br. The van der Waals surface area contributed by atoms with Gasteiger partial charge in [-0.25, -0.2) is 0 Å². The number of hydrogen-bond donors (Lipinski definition) is 0. The molecule has 0 bridgehead atoms. The Balaban J connectivity index is 2.84. The van der Waals surface area contributed by atoms with Crippen molar-refractivity contribution >= 4 is 15.9 Å². The fourth-order valence-corrected chi connectivity index (χ4v) is 1.30. The van der Waals surface area contributed by atoms with Crippen molar-refractivity contribution in [1.82, 2.24) is 0 Å². The lowest BCUT2D eigenvalue weighted by atomic mass is 10.3. The molecular weight excluding hydrogens is 289 g/mol. The Kier molecular flexibility index (Phi) is 4.23. The molecule has 0 aromatic heterocycles. The molecule has 0 saturated carbocycles. The van der Waals surface area contributed by atoms with Gasteiger partial charge in [0.2, 0.25) is 0 Å². The van der Waals surface area contributed by atoms with Gasteiger partial charge in [-0.3, -0.25) is 0 Å². The molecule has 1 rings (SSSR count). The lowest BCUT2D eigenvalue weighted by Crippen LogP contribution is -2.17. The normalized spacial score (nSPS) is 11.0. The van der Waals surface area contributed by atoms with Crippen molar-refractivity contribution in [2.75, 3.05) is 6.61 Å². The summed E-state index contributed by atoms with van der Waals surface area (Å²) in [6, 6.07) is 3.76. The number of halogens is 4. The maximum Gasteiger partial charge on any atom is 0.573 e. The van der Waals surface area contributed by atoms with E-state index in [0.717, 1.165) is 6.07 Å². The van der Waals surface area contributed by atoms with E-state index in [1.807, 2.05) is 0 Å². The van der Waals surface area contributed by atoms with E-state index in [9.17, 15) is 13.2 Å². The fraction of sp³-hybridized carbons (Fsp3) is 0.200. The van der Waals surface area contributed by atoms with Gasteiger partial charge in [0.25, 0.3) is 0 Å². The molecule has 16 heavy (non-hydrogen) atoms.